The van der Waals surface area contributed by atoms with E-state index in [0.29, 0.717) is 6.29 Å². The smallest absolute Gasteiger partial charge is 0.200 e. The van der Waals surface area contributed by atoms with Crippen LogP contribution < -0.4 is 5.32 Å². The third-order valence-corrected chi connectivity index (χ3v) is 5.52. The van der Waals surface area contributed by atoms with Crippen molar-refractivity contribution in [1.82, 2.24) is 5.32 Å². The molecule has 1 heterocycles. The first-order chi connectivity index (χ1) is 9.27. The second-order valence-corrected chi connectivity index (χ2v) is 6.97. The molecule has 1 N–H and O–H groups in total. The second-order valence-electron chi connectivity index (χ2n) is 6.18. The number of Topliss-reactive ketones (excluding diaryl/α,β-unsaturated/α-hetero) is 1. The Labute approximate surface area is 128 Å². The van der Waals surface area contributed by atoms with E-state index in [9.17, 15) is 9.59 Å². The minimum atomic E-state index is -0.350. The SMILES string of the molecule is Cc1cc(C2CNC(C)(C)C2C(=O)C=O)cc(C)c1Br. The average Bonchev–Trinajstić information content (AvgIpc) is 2.70. The average molecular weight is 338 g/mol. The maximum absolute atomic E-state index is 12.0. The molecule has 0 bridgehead atoms. The van der Waals surface area contributed by atoms with Crippen molar-refractivity contribution in [3.63, 3.8) is 0 Å². The van der Waals surface area contributed by atoms with Gasteiger partial charge in [0.25, 0.3) is 0 Å². The predicted molar refractivity (Wildman–Crippen MR) is 83.0 cm³/mol. The standard InChI is InChI=1S/C16H20BrNO2/c1-9-5-11(6-10(2)15(9)17)12-7-18-16(3,4)14(12)13(20)8-19/h5-6,8,12,14,18H,7H2,1-4H3. The zero-order chi connectivity index (χ0) is 15.1. The van der Waals surface area contributed by atoms with Crippen LogP contribution in [-0.2, 0) is 9.59 Å². The fourth-order valence-electron chi connectivity index (χ4n) is 3.23. The molecule has 2 atom stereocenters. The first-order valence-electron chi connectivity index (χ1n) is 6.78. The number of nitrogens with one attached hydrogen (secondary N) is 1. The Morgan fingerprint density at radius 2 is 1.90 bits per heavy atom. The largest absolute Gasteiger partial charge is 0.310 e. The Bertz CT molecular complexity index is 543. The molecule has 0 radical (unpaired) electrons. The van der Waals surface area contributed by atoms with Gasteiger partial charge in [0.15, 0.2) is 6.29 Å². The van der Waals surface area contributed by atoms with Crippen LogP contribution in [0.25, 0.3) is 0 Å². The van der Waals surface area contributed by atoms with E-state index in [1.54, 1.807) is 0 Å². The van der Waals surface area contributed by atoms with Crippen LogP contribution in [0.1, 0.15) is 36.5 Å². The minimum absolute atomic E-state index is 0.0493. The zero-order valence-electron chi connectivity index (χ0n) is 12.3. The zero-order valence-corrected chi connectivity index (χ0v) is 13.9. The summed E-state index contributed by atoms with van der Waals surface area (Å²) < 4.78 is 1.10. The summed E-state index contributed by atoms with van der Waals surface area (Å²) in [5, 5.41) is 3.37. The van der Waals surface area contributed by atoms with E-state index >= 15 is 0 Å². The number of aryl methyl sites for hydroxylation is 2. The molecule has 4 heteroatoms. The first-order valence-corrected chi connectivity index (χ1v) is 7.58. The van der Waals surface area contributed by atoms with Gasteiger partial charge in [0.2, 0.25) is 5.78 Å². The summed E-state index contributed by atoms with van der Waals surface area (Å²) in [6.45, 7) is 8.78. The van der Waals surface area contributed by atoms with Crippen molar-refractivity contribution in [3.8, 4) is 0 Å². The highest BCUT2D eigenvalue weighted by atomic mass is 79.9. The molecular formula is C16H20BrNO2. The highest BCUT2D eigenvalue weighted by molar-refractivity contribution is 9.10. The van der Waals surface area contributed by atoms with E-state index in [1.165, 1.54) is 0 Å². The number of ketones is 1. The number of rotatable bonds is 3. The van der Waals surface area contributed by atoms with Crippen LogP contribution in [0.5, 0.6) is 0 Å². The summed E-state index contributed by atoms with van der Waals surface area (Å²) in [6, 6.07) is 4.21. The molecule has 1 aliphatic heterocycles. The van der Waals surface area contributed by atoms with Crippen molar-refractivity contribution in [2.75, 3.05) is 6.54 Å². The van der Waals surface area contributed by atoms with Crippen molar-refractivity contribution in [1.29, 1.82) is 0 Å². The Morgan fingerprint density at radius 1 is 1.35 bits per heavy atom. The van der Waals surface area contributed by atoms with Crippen LogP contribution in [-0.4, -0.2) is 24.2 Å². The third-order valence-electron chi connectivity index (χ3n) is 4.27. The summed E-state index contributed by atoms with van der Waals surface area (Å²) in [5.74, 6) is -0.573. The summed E-state index contributed by atoms with van der Waals surface area (Å²) >= 11 is 3.56. The van der Waals surface area contributed by atoms with E-state index in [-0.39, 0.29) is 23.2 Å². The lowest BCUT2D eigenvalue weighted by Gasteiger charge is -2.27. The Morgan fingerprint density at radius 3 is 2.40 bits per heavy atom. The number of benzene rings is 1. The monoisotopic (exact) mass is 337 g/mol. The van der Waals surface area contributed by atoms with E-state index in [2.05, 4.69) is 33.4 Å². The van der Waals surface area contributed by atoms with Crippen molar-refractivity contribution in [2.24, 2.45) is 5.92 Å². The molecule has 0 aromatic heterocycles. The lowest BCUT2D eigenvalue weighted by atomic mass is 9.76. The number of hydrogen-bond acceptors (Lipinski definition) is 3. The molecular weight excluding hydrogens is 318 g/mol. The van der Waals surface area contributed by atoms with Gasteiger partial charge in [0.05, 0.1) is 5.92 Å². The van der Waals surface area contributed by atoms with Crippen molar-refractivity contribution < 1.29 is 9.59 Å². The van der Waals surface area contributed by atoms with Gasteiger partial charge in [-0.2, -0.15) is 0 Å². The Balaban J connectivity index is 2.46. The molecule has 20 heavy (non-hydrogen) atoms. The lowest BCUT2D eigenvalue weighted by Crippen LogP contribution is -2.42. The van der Waals surface area contributed by atoms with Gasteiger partial charge in [0.1, 0.15) is 0 Å². The van der Waals surface area contributed by atoms with E-state index in [4.69, 9.17) is 0 Å². The molecule has 0 aliphatic carbocycles. The van der Waals surface area contributed by atoms with Gasteiger partial charge >= 0.3 is 0 Å². The molecule has 3 nitrogen and oxygen atoms in total. The highest BCUT2D eigenvalue weighted by Crippen LogP contribution is 2.39. The fourth-order valence-corrected chi connectivity index (χ4v) is 3.46. The minimum Gasteiger partial charge on any atom is -0.310 e. The first kappa shape index (κ1) is 15.4. The molecule has 0 amide bonds. The number of carbonyl (C=O) groups excluding carboxylic acids is 2. The van der Waals surface area contributed by atoms with Crippen molar-refractivity contribution in [2.45, 2.75) is 39.2 Å². The molecule has 1 aromatic rings. The van der Waals surface area contributed by atoms with E-state index in [0.717, 1.165) is 27.7 Å². The normalized spacial score (nSPS) is 24.6. The molecule has 2 unspecified atom stereocenters. The van der Waals surface area contributed by atoms with Gasteiger partial charge in [0, 0.05) is 22.5 Å². The fraction of sp³-hybridized carbons (Fsp3) is 0.500. The summed E-state index contributed by atoms with van der Waals surface area (Å²) in [4.78, 5) is 23.0. The van der Waals surface area contributed by atoms with Crippen LogP contribution in [0.4, 0.5) is 0 Å². The number of aldehydes is 1. The Hall–Kier alpha value is -1.00. The molecule has 0 spiro atoms. The molecule has 2 rings (SSSR count). The van der Waals surface area contributed by atoms with Crippen LogP contribution in [0, 0.1) is 19.8 Å². The maximum Gasteiger partial charge on any atom is 0.200 e. The van der Waals surface area contributed by atoms with Crippen LogP contribution in [0.15, 0.2) is 16.6 Å². The molecule has 108 valence electrons. The molecule has 1 fully saturated rings. The van der Waals surface area contributed by atoms with Gasteiger partial charge in [-0.3, -0.25) is 9.59 Å². The van der Waals surface area contributed by atoms with Gasteiger partial charge in [-0.25, -0.2) is 0 Å². The van der Waals surface area contributed by atoms with Gasteiger partial charge in [-0.1, -0.05) is 28.1 Å². The highest BCUT2D eigenvalue weighted by Gasteiger charge is 2.46. The lowest BCUT2D eigenvalue weighted by molar-refractivity contribution is -0.133. The molecule has 1 aromatic carbocycles. The molecule has 1 aliphatic rings. The van der Waals surface area contributed by atoms with Crippen molar-refractivity contribution in [3.05, 3.63) is 33.3 Å². The second kappa shape index (κ2) is 5.41. The summed E-state index contributed by atoms with van der Waals surface area (Å²) in [7, 11) is 0. The summed E-state index contributed by atoms with van der Waals surface area (Å²) in [5.41, 5.74) is 3.09. The van der Waals surface area contributed by atoms with Crippen LogP contribution in [0.3, 0.4) is 0 Å². The molecule has 1 saturated heterocycles. The van der Waals surface area contributed by atoms with E-state index in [1.807, 2.05) is 27.7 Å². The van der Waals surface area contributed by atoms with Crippen molar-refractivity contribution >= 4 is 28.0 Å². The van der Waals surface area contributed by atoms with Gasteiger partial charge in [-0.05, 0) is 44.4 Å². The number of halogens is 1. The third kappa shape index (κ3) is 2.59. The maximum atomic E-state index is 12.0. The molecule has 0 saturated carbocycles. The van der Waals surface area contributed by atoms with Gasteiger partial charge in [-0.15, -0.1) is 0 Å². The Kier molecular flexibility index (Phi) is 4.17. The van der Waals surface area contributed by atoms with E-state index < -0.39 is 0 Å². The predicted octanol–water partition coefficient (Wildman–Crippen LogP) is 2.92. The quantitative estimate of drug-likeness (QED) is 0.681. The topological polar surface area (TPSA) is 46.2 Å². The number of hydrogen-bond donors (Lipinski definition) is 1. The van der Waals surface area contributed by atoms with Crippen LogP contribution in [0.2, 0.25) is 0 Å². The van der Waals surface area contributed by atoms with Gasteiger partial charge < -0.3 is 5.32 Å². The summed E-state index contributed by atoms with van der Waals surface area (Å²) in [6.07, 6.45) is 0.463. The number of carbonyl (C=O) groups is 2. The van der Waals surface area contributed by atoms with Crippen LogP contribution >= 0.6 is 15.9 Å².